The van der Waals surface area contributed by atoms with Crippen molar-refractivity contribution < 1.29 is 31.5 Å². The largest absolute Gasteiger partial charge is 0.416 e. The van der Waals surface area contributed by atoms with Gasteiger partial charge in [0.2, 0.25) is 0 Å². The highest BCUT2D eigenvalue weighted by atomic mass is 79.9. The molecule has 2 aromatic carbocycles. The molecule has 1 amide bonds. The van der Waals surface area contributed by atoms with E-state index < -0.39 is 38.8 Å². The number of amides is 1. The number of hydrogen-bond donors (Lipinski definition) is 2. The van der Waals surface area contributed by atoms with Crippen LogP contribution in [-0.2, 0) is 20.8 Å². The van der Waals surface area contributed by atoms with Crippen molar-refractivity contribution in [3.8, 4) is 0 Å². The lowest BCUT2D eigenvalue weighted by Gasteiger charge is -2.22. The fraction of sp³-hybridized carbons (Fsp3) is 0.235. The van der Waals surface area contributed by atoms with Crippen LogP contribution in [0.15, 0.2) is 57.9 Å². The third-order valence-electron chi connectivity index (χ3n) is 3.58. The summed E-state index contributed by atoms with van der Waals surface area (Å²) in [6.07, 6.45) is -4.60. The molecule has 10 heteroatoms. The van der Waals surface area contributed by atoms with Gasteiger partial charge in [0, 0.05) is 10.2 Å². The summed E-state index contributed by atoms with van der Waals surface area (Å²) in [4.78, 5) is 12.1. The fourth-order valence-corrected chi connectivity index (χ4v) is 4.05. The molecule has 0 aromatic heterocycles. The molecule has 27 heavy (non-hydrogen) atoms. The number of carbonyl (C=O) groups excluding carboxylic acids is 1. The molecule has 0 fully saturated rings. The molecule has 0 heterocycles. The SMILES string of the molecule is C[C@@](O)(CS(=O)(=O)c1ccc(Br)cc1)C(=O)Nc1cccc(C(F)(F)F)c1. The van der Waals surface area contributed by atoms with Crippen molar-refractivity contribution in [3.05, 3.63) is 58.6 Å². The summed E-state index contributed by atoms with van der Waals surface area (Å²) >= 11 is 3.17. The Morgan fingerprint density at radius 2 is 1.74 bits per heavy atom. The highest BCUT2D eigenvalue weighted by Crippen LogP contribution is 2.31. The van der Waals surface area contributed by atoms with E-state index in [4.69, 9.17) is 0 Å². The summed E-state index contributed by atoms with van der Waals surface area (Å²) in [7, 11) is -4.02. The van der Waals surface area contributed by atoms with Crippen LogP contribution in [0.3, 0.4) is 0 Å². The molecule has 0 bridgehead atoms. The quantitative estimate of drug-likeness (QED) is 0.705. The van der Waals surface area contributed by atoms with Crippen molar-refractivity contribution in [1.82, 2.24) is 0 Å². The van der Waals surface area contributed by atoms with Gasteiger partial charge in [-0.05, 0) is 49.4 Å². The molecule has 0 radical (unpaired) electrons. The van der Waals surface area contributed by atoms with E-state index in [1.165, 1.54) is 30.3 Å². The maximum Gasteiger partial charge on any atom is 0.416 e. The predicted octanol–water partition coefficient (Wildman–Crippen LogP) is 3.63. The lowest BCUT2D eigenvalue weighted by Crippen LogP contribution is -2.45. The van der Waals surface area contributed by atoms with E-state index >= 15 is 0 Å². The minimum Gasteiger partial charge on any atom is -0.379 e. The minimum absolute atomic E-state index is 0.0992. The van der Waals surface area contributed by atoms with Crippen LogP contribution in [-0.4, -0.2) is 30.8 Å². The number of alkyl halides is 3. The maximum atomic E-state index is 12.7. The average molecular weight is 466 g/mol. The Kier molecular flexibility index (Phi) is 6.03. The molecule has 2 rings (SSSR count). The summed E-state index contributed by atoms with van der Waals surface area (Å²) in [6.45, 7) is 0.979. The molecule has 0 unspecified atom stereocenters. The molecular weight excluding hydrogens is 451 g/mol. The molecule has 5 nitrogen and oxygen atoms in total. The summed E-state index contributed by atoms with van der Waals surface area (Å²) in [5.74, 6) is -2.07. The van der Waals surface area contributed by atoms with E-state index in [1.54, 1.807) is 0 Å². The highest BCUT2D eigenvalue weighted by molar-refractivity contribution is 9.10. The van der Waals surface area contributed by atoms with Gasteiger partial charge in [-0.1, -0.05) is 22.0 Å². The molecule has 146 valence electrons. The predicted molar refractivity (Wildman–Crippen MR) is 96.9 cm³/mol. The van der Waals surface area contributed by atoms with Crippen molar-refractivity contribution in [2.45, 2.75) is 23.6 Å². The normalized spacial score (nSPS) is 14.4. The molecule has 0 aliphatic rings. The van der Waals surface area contributed by atoms with E-state index in [9.17, 15) is 31.5 Å². The van der Waals surface area contributed by atoms with Gasteiger partial charge in [0.25, 0.3) is 5.91 Å². The van der Waals surface area contributed by atoms with Crippen LogP contribution < -0.4 is 5.32 Å². The molecular formula is C17H15BrF3NO4S. The van der Waals surface area contributed by atoms with Crippen LogP contribution in [0.25, 0.3) is 0 Å². The zero-order valence-electron chi connectivity index (χ0n) is 13.9. The van der Waals surface area contributed by atoms with Gasteiger partial charge >= 0.3 is 6.18 Å². The van der Waals surface area contributed by atoms with Crippen LogP contribution in [0.4, 0.5) is 18.9 Å². The van der Waals surface area contributed by atoms with Crippen LogP contribution in [0, 0.1) is 0 Å². The first kappa shape index (κ1) is 21.4. The molecule has 0 aliphatic heterocycles. The Bertz CT molecular complexity index is 941. The van der Waals surface area contributed by atoms with Crippen LogP contribution in [0.5, 0.6) is 0 Å². The fourth-order valence-electron chi connectivity index (χ4n) is 2.20. The summed E-state index contributed by atoms with van der Waals surface area (Å²) < 4.78 is 63.6. The number of sulfone groups is 1. The van der Waals surface area contributed by atoms with Gasteiger partial charge in [0.05, 0.1) is 16.2 Å². The second kappa shape index (κ2) is 7.61. The Morgan fingerprint density at radius 3 is 2.30 bits per heavy atom. The third kappa shape index (κ3) is 5.53. The molecule has 0 spiro atoms. The van der Waals surface area contributed by atoms with E-state index in [2.05, 4.69) is 21.2 Å². The van der Waals surface area contributed by atoms with Gasteiger partial charge in [-0.3, -0.25) is 4.79 Å². The van der Waals surface area contributed by atoms with Gasteiger partial charge in [0.1, 0.15) is 0 Å². The maximum absolute atomic E-state index is 12.7. The van der Waals surface area contributed by atoms with Crippen molar-refractivity contribution in [2.75, 3.05) is 11.1 Å². The van der Waals surface area contributed by atoms with Crippen molar-refractivity contribution in [1.29, 1.82) is 0 Å². The Balaban J connectivity index is 2.19. The summed E-state index contributed by atoms with van der Waals surface area (Å²) in [5, 5.41) is 12.4. The van der Waals surface area contributed by atoms with Gasteiger partial charge in [-0.2, -0.15) is 13.2 Å². The summed E-state index contributed by atoms with van der Waals surface area (Å²) in [5.41, 5.74) is -3.56. The lowest BCUT2D eigenvalue weighted by atomic mass is 10.1. The van der Waals surface area contributed by atoms with Crippen LogP contribution in [0.2, 0.25) is 0 Å². The molecule has 0 saturated carbocycles. The van der Waals surface area contributed by atoms with E-state index in [0.717, 1.165) is 19.1 Å². The smallest absolute Gasteiger partial charge is 0.379 e. The van der Waals surface area contributed by atoms with E-state index in [-0.39, 0.29) is 10.6 Å². The van der Waals surface area contributed by atoms with E-state index in [1.807, 2.05) is 0 Å². The first-order chi connectivity index (χ1) is 12.3. The number of nitrogens with one attached hydrogen (secondary N) is 1. The Morgan fingerprint density at radius 1 is 1.15 bits per heavy atom. The van der Waals surface area contributed by atoms with Gasteiger partial charge in [-0.25, -0.2) is 8.42 Å². The number of anilines is 1. The van der Waals surface area contributed by atoms with Crippen LogP contribution in [0.1, 0.15) is 12.5 Å². The number of halogens is 4. The van der Waals surface area contributed by atoms with Crippen molar-refractivity contribution in [2.24, 2.45) is 0 Å². The molecule has 0 saturated heterocycles. The highest BCUT2D eigenvalue weighted by Gasteiger charge is 2.37. The Labute approximate surface area is 162 Å². The number of benzene rings is 2. The second-order valence-corrected chi connectivity index (χ2v) is 8.92. The standard InChI is InChI=1S/C17H15BrF3NO4S/c1-16(24,10-27(25,26)14-7-5-12(18)6-8-14)15(23)22-13-4-2-3-11(9-13)17(19,20)21/h2-9,24H,10H2,1H3,(H,22,23)/t16-/m1/s1. The molecule has 2 aromatic rings. The van der Waals surface area contributed by atoms with Gasteiger partial charge in [-0.15, -0.1) is 0 Å². The molecule has 2 N–H and O–H groups in total. The van der Waals surface area contributed by atoms with Gasteiger partial charge in [0.15, 0.2) is 15.4 Å². The van der Waals surface area contributed by atoms with Crippen molar-refractivity contribution in [3.63, 3.8) is 0 Å². The van der Waals surface area contributed by atoms with Gasteiger partial charge < -0.3 is 10.4 Å². The zero-order chi connectivity index (χ0) is 20.5. The number of carbonyl (C=O) groups is 1. The Hall–Kier alpha value is -1.91. The first-order valence-corrected chi connectivity index (χ1v) is 9.95. The summed E-state index contributed by atoms with van der Waals surface area (Å²) in [6, 6.07) is 9.40. The van der Waals surface area contributed by atoms with Crippen molar-refractivity contribution >= 4 is 37.4 Å². The zero-order valence-corrected chi connectivity index (χ0v) is 16.3. The monoisotopic (exact) mass is 465 g/mol. The average Bonchev–Trinajstić information content (AvgIpc) is 2.53. The number of rotatable bonds is 5. The molecule has 1 atom stereocenters. The third-order valence-corrected chi connectivity index (χ3v) is 6.04. The topological polar surface area (TPSA) is 83.5 Å². The van der Waals surface area contributed by atoms with E-state index in [0.29, 0.717) is 10.5 Å². The first-order valence-electron chi connectivity index (χ1n) is 7.51. The molecule has 0 aliphatic carbocycles. The minimum atomic E-state index is -4.60. The lowest BCUT2D eigenvalue weighted by molar-refractivity contribution is -0.137. The second-order valence-electron chi connectivity index (χ2n) is 6.02. The number of aliphatic hydroxyl groups is 1. The van der Waals surface area contributed by atoms with Crippen LogP contribution >= 0.6 is 15.9 Å². The number of hydrogen-bond acceptors (Lipinski definition) is 4.